The maximum atomic E-state index is 11.8. The summed E-state index contributed by atoms with van der Waals surface area (Å²) in [4.78, 5) is 11.7. The van der Waals surface area contributed by atoms with Gasteiger partial charge in [0.2, 0.25) is 0 Å². The number of hydrogen-bond donors (Lipinski definition) is 1. The van der Waals surface area contributed by atoms with Crippen molar-refractivity contribution in [1.29, 1.82) is 0 Å². The molecule has 1 N–H and O–H groups in total. The van der Waals surface area contributed by atoms with Gasteiger partial charge in [-0.25, -0.2) is 4.98 Å². The molecular weight excluding hydrogens is 350 g/mol. The van der Waals surface area contributed by atoms with Crippen molar-refractivity contribution in [2.45, 2.75) is 31.5 Å². The number of nitrogens with zero attached hydrogens (tertiary/aromatic N) is 5. The zero-order valence-electron chi connectivity index (χ0n) is 17.2. The highest BCUT2D eigenvalue weighted by molar-refractivity contribution is 5.26. The molecule has 2 atom stereocenters. The van der Waals surface area contributed by atoms with Crippen LogP contribution in [0.4, 0.5) is 0 Å². The summed E-state index contributed by atoms with van der Waals surface area (Å²) in [6.07, 6.45) is 4.70. The van der Waals surface area contributed by atoms with Crippen molar-refractivity contribution in [3.05, 3.63) is 54.1 Å². The largest absolute Gasteiger partial charge is 0.383 e. The summed E-state index contributed by atoms with van der Waals surface area (Å²) in [5.74, 6) is 1.06. The molecule has 2 aliphatic heterocycles. The number of rotatable bonds is 5. The zero-order valence-corrected chi connectivity index (χ0v) is 17.2. The Morgan fingerprint density at radius 3 is 2.50 bits per heavy atom. The second-order valence-electron chi connectivity index (χ2n) is 8.36. The number of likely N-dealkylation sites (N-methyl/N-ethyl adjacent to an activating group) is 1. The highest BCUT2D eigenvalue weighted by atomic mass is 16.3. The fraction of sp³-hybridized carbons (Fsp3) is 0.591. The third kappa shape index (κ3) is 4.01. The average Bonchev–Trinajstić information content (AvgIpc) is 3.13. The second-order valence-corrected chi connectivity index (χ2v) is 8.36. The summed E-state index contributed by atoms with van der Waals surface area (Å²) in [7, 11) is 2.18. The number of piperazine rings is 1. The molecule has 1 aromatic carbocycles. The molecule has 0 spiro atoms. The van der Waals surface area contributed by atoms with Crippen LogP contribution in [0.1, 0.15) is 17.8 Å². The Bertz CT molecular complexity index is 755. The molecule has 0 aliphatic carbocycles. The van der Waals surface area contributed by atoms with E-state index in [1.807, 2.05) is 24.4 Å². The highest BCUT2D eigenvalue weighted by Gasteiger charge is 2.45. The van der Waals surface area contributed by atoms with Gasteiger partial charge in [-0.15, -0.1) is 0 Å². The third-order valence-electron chi connectivity index (χ3n) is 6.62. The first-order chi connectivity index (χ1) is 13.6. The average molecular weight is 384 g/mol. The van der Waals surface area contributed by atoms with Gasteiger partial charge in [-0.3, -0.25) is 9.80 Å². The molecular formula is C22H33N5O. The third-order valence-corrected chi connectivity index (χ3v) is 6.62. The molecule has 3 heterocycles. The van der Waals surface area contributed by atoms with Crippen molar-refractivity contribution in [1.82, 2.24) is 24.3 Å². The van der Waals surface area contributed by atoms with Gasteiger partial charge in [-0.2, -0.15) is 0 Å². The van der Waals surface area contributed by atoms with Crippen molar-refractivity contribution in [2.24, 2.45) is 0 Å². The van der Waals surface area contributed by atoms with Gasteiger partial charge in [0.1, 0.15) is 11.4 Å². The first-order valence-electron chi connectivity index (χ1n) is 10.5. The monoisotopic (exact) mass is 383 g/mol. The molecule has 1 aromatic heterocycles. The Kier molecular flexibility index (Phi) is 5.83. The quantitative estimate of drug-likeness (QED) is 0.846. The fourth-order valence-corrected chi connectivity index (χ4v) is 4.69. The van der Waals surface area contributed by atoms with Crippen molar-refractivity contribution >= 4 is 0 Å². The number of aromatic nitrogens is 2. The Hall–Kier alpha value is -1.73. The Labute approximate surface area is 168 Å². The molecule has 2 fully saturated rings. The molecule has 0 radical (unpaired) electrons. The van der Waals surface area contributed by atoms with Gasteiger partial charge in [-0.05, 0) is 26.0 Å². The fourth-order valence-electron chi connectivity index (χ4n) is 4.69. The smallest absolute Gasteiger partial charge is 0.108 e. The van der Waals surface area contributed by atoms with E-state index < -0.39 is 5.60 Å². The van der Waals surface area contributed by atoms with E-state index in [0.717, 1.165) is 70.2 Å². The van der Waals surface area contributed by atoms with Gasteiger partial charge in [0, 0.05) is 64.8 Å². The molecule has 6 nitrogen and oxygen atoms in total. The van der Waals surface area contributed by atoms with Gasteiger partial charge in [0.15, 0.2) is 0 Å². The van der Waals surface area contributed by atoms with Gasteiger partial charge in [0.25, 0.3) is 0 Å². The molecule has 152 valence electrons. The first kappa shape index (κ1) is 19.6. The lowest BCUT2D eigenvalue weighted by Crippen LogP contribution is -2.63. The number of piperidine rings is 1. The SMILES string of the molecule is Cc1nccn1CCN1CC[C@](O)(c2ccccc2)[C@H](N2CCN(C)CC2)C1. The van der Waals surface area contributed by atoms with Crippen LogP contribution in [0.5, 0.6) is 0 Å². The van der Waals surface area contributed by atoms with Crippen LogP contribution in [0.15, 0.2) is 42.7 Å². The normalized spacial score (nSPS) is 27.9. The summed E-state index contributed by atoms with van der Waals surface area (Å²) in [5.41, 5.74) is 0.280. The van der Waals surface area contributed by atoms with E-state index in [1.54, 1.807) is 0 Å². The molecule has 0 bridgehead atoms. The van der Waals surface area contributed by atoms with E-state index in [1.165, 1.54) is 0 Å². The number of hydrogen-bond acceptors (Lipinski definition) is 5. The van der Waals surface area contributed by atoms with E-state index in [-0.39, 0.29) is 6.04 Å². The molecule has 2 saturated heterocycles. The maximum Gasteiger partial charge on any atom is 0.108 e. The van der Waals surface area contributed by atoms with Crippen LogP contribution in [0, 0.1) is 6.92 Å². The number of aryl methyl sites for hydroxylation is 1. The zero-order chi connectivity index (χ0) is 19.6. The minimum atomic E-state index is -0.779. The van der Waals surface area contributed by atoms with E-state index >= 15 is 0 Å². The van der Waals surface area contributed by atoms with Gasteiger partial charge in [-0.1, -0.05) is 30.3 Å². The van der Waals surface area contributed by atoms with Crippen LogP contribution in [0.25, 0.3) is 0 Å². The summed E-state index contributed by atoms with van der Waals surface area (Å²) in [5, 5.41) is 11.8. The summed E-state index contributed by atoms with van der Waals surface area (Å²) >= 11 is 0. The lowest BCUT2D eigenvalue weighted by Gasteiger charge is -2.51. The van der Waals surface area contributed by atoms with Crippen molar-refractivity contribution in [2.75, 3.05) is 52.9 Å². The Morgan fingerprint density at radius 2 is 1.82 bits per heavy atom. The first-order valence-corrected chi connectivity index (χ1v) is 10.5. The number of benzene rings is 1. The van der Waals surface area contributed by atoms with Crippen molar-refractivity contribution < 1.29 is 5.11 Å². The number of imidazole rings is 1. The highest BCUT2D eigenvalue weighted by Crippen LogP contribution is 2.36. The van der Waals surface area contributed by atoms with E-state index in [9.17, 15) is 5.11 Å². The van der Waals surface area contributed by atoms with Gasteiger partial charge >= 0.3 is 0 Å². The Morgan fingerprint density at radius 1 is 1.07 bits per heavy atom. The van der Waals surface area contributed by atoms with Gasteiger partial charge < -0.3 is 14.6 Å². The van der Waals surface area contributed by atoms with Crippen molar-refractivity contribution in [3.63, 3.8) is 0 Å². The predicted octanol–water partition coefficient (Wildman–Crippen LogP) is 1.40. The lowest BCUT2D eigenvalue weighted by atomic mass is 9.79. The minimum Gasteiger partial charge on any atom is -0.383 e. The topological polar surface area (TPSA) is 47.8 Å². The predicted molar refractivity (Wildman–Crippen MR) is 111 cm³/mol. The molecule has 0 unspecified atom stereocenters. The Balaban J connectivity index is 1.51. The minimum absolute atomic E-state index is 0.126. The molecule has 28 heavy (non-hydrogen) atoms. The van der Waals surface area contributed by atoms with Crippen LogP contribution >= 0.6 is 0 Å². The molecule has 0 amide bonds. The molecule has 2 aliphatic rings. The summed E-state index contributed by atoms with van der Waals surface area (Å²) < 4.78 is 2.21. The van der Waals surface area contributed by atoms with Crippen LogP contribution < -0.4 is 0 Å². The van der Waals surface area contributed by atoms with E-state index in [4.69, 9.17) is 0 Å². The standard InChI is InChI=1S/C22H33N5O/c1-19-23-9-11-26(19)17-14-25-10-8-22(28,20-6-4-3-5-7-20)21(18-25)27-15-12-24(2)13-16-27/h3-7,9,11,21,28H,8,10,12-18H2,1-2H3/t21-,22+/m1/s1. The van der Waals surface area contributed by atoms with E-state index in [2.05, 4.69) is 56.6 Å². The van der Waals surface area contributed by atoms with Crippen LogP contribution in [-0.2, 0) is 12.1 Å². The van der Waals surface area contributed by atoms with Crippen LogP contribution in [-0.4, -0.2) is 88.3 Å². The van der Waals surface area contributed by atoms with Crippen LogP contribution in [0.3, 0.4) is 0 Å². The van der Waals surface area contributed by atoms with E-state index in [0.29, 0.717) is 0 Å². The number of likely N-dealkylation sites (tertiary alicyclic amines) is 1. The van der Waals surface area contributed by atoms with Crippen LogP contribution in [0.2, 0.25) is 0 Å². The summed E-state index contributed by atoms with van der Waals surface area (Å²) in [6, 6.07) is 10.4. The molecule has 0 saturated carbocycles. The maximum absolute atomic E-state index is 11.8. The molecule has 2 aromatic rings. The lowest BCUT2D eigenvalue weighted by molar-refractivity contribution is -0.107. The summed E-state index contributed by atoms with van der Waals surface area (Å²) in [6.45, 7) is 9.99. The van der Waals surface area contributed by atoms with Gasteiger partial charge in [0.05, 0.1) is 6.04 Å². The van der Waals surface area contributed by atoms with Crippen molar-refractivity contribution in [3.8, 4) is 0 Å². The molecule has 6 heteroatoms. The molecule has 4 rings (SSSR count). The second kappa shape index (κ2) is 8.33. The number of aliphatic hydroxyl groups is 1.